The van der Waals surface area contributed by atoms with Gasteiger partial charge in [-0.3, -0.25) is 4.79 Å². The minimum absolute atomic E-state index is 0.118. The van der Waals surface area contributed by atoms with E-state index in [9.17, 15) is 14.9 Å². The summed E-state index contributed by atoms with van der Waals surface area (Å²) in [6.07, 6.45) is 6.31. The van der Waals surface area contributed by atoms with Gasteiger partial charge in [0, 0.05) is 32.4 Å². The Bertz CT molecular complexity index is 863. The fraction of sp³-hybridized carbons (Fsp3) is 0.500. The minimum Gasteiger partial charge on any atom is -0.358 e. The molecule has 4 rings (SSSR count). The second kappa shape index (κ2) is 6.79. The molecular weight excluding hydrogens is 344 g/mol. The lowest BCUT2D eigenvalue weighted by molar-refractivity contribution is -0.389. The van der Waals surface area contributed by atoms with Crippen molar-refractivity contribution in [3.63, 3.8) is 0 Å². The predicted molar refractivity (Wildman–Crippen MR) is 100 cm³/mol. The highest BCUT2D eigenvalue weighted by Crippen LogP contribution is 2.53. The molecule has 0 N–H and O–H groups in total. The fourth-order valence-corrected chi connectivity index (χ4v) is 4.84. The van der Waals surface area contributed by atoms with Gasteiger partial charge in [0.2, 0.25) is 11.7 Å². The fourth-order valence-electron chi connectivity index (χ4n) is 4.84. The molecule has 1 aromatic heterocycles. The molecule has 0 unspecified atom stereocenters. The van der Waals surface area contributed by atoms with Crippen molar-refractivity contribution in [1.29, 1.82) is 0 Å². The summed E-state index contributed by atoms with van der Waals surface area (Å²) in [6.45, 7) is 2.96. The van der Waals surface area contributed by atoms with E-state index >= 15 is 0 Å². The Labute approximate surface area is 158 Å². The third kappa shape index (κ3) is 2.91. The average molecular weight is 368 g/mol. The van der Waals surface area contributed by atoms with Crippen LogP contribution in [0.3, 0.4) is 0 Å². The molecule has 1 aromatic carbocycles. The SMILES string of the molecule is Cc1nc([N+](=O)[O-])cn1CCC(=O)N1C[C@H]2CCCC[C@]21c1ccccc1. The summed E-state index contributed by atoms with van der Waals surface area (Å²) >= 11 is 0. The zero-order valence-electron chi connectivity index (χ0n) is 15.5. The van der Waals surface area contributed by atoms with Crippen LogP contribution >= 0.6 is 0 Å². The van der Waals surface area contributed by atoms with E-state index in [1.165, 1.54) is 24.6 Å². The number of nitro groups is 1. The lowest BCUT2D eigenvalue weighted by Crippen LogP contribution is -2.67. The largest absolute Gasteiger partial charge is 0.381 e. The van der Waals surface area contributed by atoms with Gasteiger partial charge in [0.05, 0.1) is 5.54 Å². The number of hydrogen-bond donors (Lipinski definition) is 0. The van der Waals surface area contributed by atoms with Crippen LogP contribution in [0.15, 0.2) is 36.5 Å². The number of aromatic nitrogens is 2. The second-order valence-electron chi connectivity index (χ2n) is 7.58. The van der Waals surface area contributed by atoms with Crippen molar-refractivity contribution in [3.8, 4) is 0 Å². The molecule has 0 spiro atoms. The average Bonchev–Trinajstić information content (AvgIpc) is 3.03. The van der Waals surface area contributed by atoms with Gasteiger partial charge in [0.15, 0.2) is 0 Å². The van der Waals surface area contributed by atoms with Crippen LogP contribution in [-0.2, 0) is 16.9 Å². The number of amides is 1. The molecule has 2 aromatic rings. The van der Waals surface area contributed by atoms with Crippen molar-refractivity contribution in [2.24, 2.45) is 5.92 Å². The molecule has 1 aliphatic carbocycles. The van der Waals surface area contributed by atoms with Crippen molar-refractivity contribution < 1.29 is 9.72 Å². The first kappa shape index (κ1) is 17.7. The van der Waals surface area contributed by atoms with Gasteiger partial charge in [0.1, 0.15) is 6.20 Å². The Morgan fingerprint density at radius 2 is 2.11 bits per heavy atom. The van der Waals surface area contributed by atoms with E-state index in [0.717, 1.165) is 19.4 Å². The van der Waals surface area contributed by atoms with Crippen molar-refractivity contribution in [3.05, 3.63) is 58.0 Å². The standard InChI is InChI=1S/C20H24N4O3/c1-15-21-18(24(26)27)14-22(15)12-10-19(25)23-13-17-9-5-6-11-20(17,23)16-7-3-2-4-8-16/h2-4,7-8,14,17H,5-6,9-13H2,1H3/t17-,20+/m1/s1. The van der Waals surface area contributed by atoms with Gasteiger partial charge in [-0.15, -0.1) is 0 Å². The summed E-state index contributed by atoms with van der Waals surface area (Å²) in [5.74, 6) is 1.05. The number of rotatable bonds is 5. The molecule has 1 aliphatic heterocycles. The van der Waals surface area contributed by atoms with Crippen LogP contribution in [0.2, 0.25) is 0 Å². The first-order valence-corrected chi connectivity index (χ1v) is 9.56. The van der Waals surface area contributed by atoms with Crippen LogP contribution in [0.5, 0.6) is 0 Å². The molecule has 0 radical (unpaired) electrons. The van der Waals surface area contributed by atoms with Crippen LogP contribution in [0.4, 0.5) is 5.82 Å². The Hall–Kier alpha value is -2.70. The van der Waals surface area contributed by atoms with E-state index in [4.69, 9.17) is 0 Å². The molecule has 7 nitrogen and oxygen atoms in total. The van der Waals surface area contributed by atoms with Gasteiger partial charge >= 0.3 is 5.82 Å². The molecule has 1 saturated heterocycles. The smallest absolute Gasteiger partial charge is 0.358 e. The minimum atomic E-state index is -0.502. The first-order valence-electron chi connectivity index (χ1n) is 9.56. The van der Waals surface area contributed by atoms with Crippen LogP contribution in [0.1, 0.15) is 43.5 Å². The molecule has 1 saturated carbocycles. The molecule has 27 heavy (non-hydrogen) atoms. The summed E-state index contributed by atoms with van der Waals surface area (Å²) in [5, 5.41) is 10.9. The number of carbonyl (C=O) groups excluding carboxylic acids is 1. The molecule has 2 heterocycles. The molecule has 142 valence electrons. The van der Waals surface area contributed by atoms with Crippen LogP contribution < -0.4 is 0 Å². The third-order valence-corrected chi connectivity index (χ3v) is 6.21. The number of fused-ring (bicyclic) bond motifs is 1. The number of likely N-dealkylation sites (tertiary alicyclic amines) is 1. The Kier molecular flexibility index (Phi) is 4.45. The van der Waals surface area contributed by atoms with Crippen molar-refractivity contribution in [2.45, 2.75) is 51.1 Å². The highest BCUT2D eigenvalue weighted by Gasteiger charge is 2.56. The van der Waals surface area contributed by atoms with Crippen molar-refractivity contribution >= 4 is 11.7 Å². The van der Waals surface area contributed by atoms with E-state index in [1.54, 1.807) is 11.5 Å². The number of benzene rings is 1. The topological polar surface area (TPSA) is 81.3 Å². The van der Waals surface area contributed by atoms with E-state index < -0.39 is 4.92 Å². The third-order valence-electron chi connectivity index (χ3n) is 6.21. The van der Waals surface area contributed by atoms with Gasteiger partial charge in [0.25, 0.3) is 0 Å². The van der Waals surface area contributed by atoms with Crippen LogP contribution in [0.25, 0.3) is 0 Å². The van der Waals surface area contributed by atoms with E-state index in [1.807, 2.05) is 23.1 Å². The quantitative estimate of drug-likeness (QED) is 0.598. The van der Waals surface area contributed by atoms with Crippen LogP contribution in [-0.4, -0.2) is 31.8 Å². The molecule has 2 aliphatic rings. The number of nitrogens with zero attached hydrogens (tertiary/aromatic N) is 4. The highest BCUT2D eigenvalue weighted by atomic mass is 16.6. The zero-order valence-corrected chi connectivity index (χ0v) is 15.5. The monoisotopic (exact) mass is 368 g/mol. The maximum atomic E-state index is 13.0. The summed E-state index contributed by atoms with van der Waals surface area (Å²) < 4.78 is 1.70. The second-order valence-corrected chi connectivity index (χ2v) is 7.58. The van der Waals surface area contributed by atoms with Gasteiger partial charge in [-0.05, 0) is 28.3 Å². The lowest BCUT2D eigenvalue weighted by atomic mass is 9.61. The molecule has 1 amide bonds. The number of imidazole rings is 1. The Morgan fingerprint density at radius 1 is 1.33 bits per heavy atom. The number of carbonyl (C=O) groups is 1. The predicted octanol–water partition coefficient (Wildman–Crippen LogP) is 3.42. The number of aryl methyl sites for hydroxylation is 2. The summed E-state index contributed by atoms with van der Waals surface area (Å²) in [6, 6.07) is 10.4. The molecule has 2 fully saturated rings. The first-order chi connectivity index (χ1) is 13.0. The molecule has 7 heteroatoms. The molecular formula is C20H24N4O3. The van der Waals surface area contributed by atoms with Crippen molar-refractivity contribution in [1.82, 2.24) is 14.5 Å². The van der Waals surface area contributed by atoms with Gasteiger partial charge in [-0.1, -0.05) is 43.2 Å². The van der Waals surface area contributed by atoms with E-state index in [0.29, 0.717) is 24.7 Å². The van der Waals surface area contributed by atoms with Gasteiger partial charge in [-0.2, -0.15) is 0 Å². The van der Waals surface area contributed by atoms with Crippen LogP contribution in [0, 0.1) is 23.0 Å². The Balaban J connectivity index is 1.51. The van der Waals surface area contributed by atoms with E-state index in [2.05, 4.69) is 17.1 Å². The van der Waals surface area contributed by atoms with Gasteiger partial charge in [-0.25, -0.2) is 0 Å². The maximum Gasteiger partial charge on any atom is 0.381 e. The van der Waals surface area contributed by atoms with Crippen molar-refractivity contribution in [2.75, 3.05) is 6.54 Å². The summed E-state index contributed by atoms with van der Waals surface area (Å²) in [5.41, 5.74) is 1.08. The Morgan fingerprint density at radius 3 is 2.78 bits per heavy atom. The molecule has 0 bridgehead atoms. The summed E-state index contributed by atoms with van der Waals surface area (Å²) in [7, 11) is 0. The van der Waals surface area contributed by atoms with E-state index in [-0.39, 0.29) is 17.3 Å². The maximum absolute atomic E-state index is 13.0. The zero-order chi connectivity index (χ0) is 19.0. The highest BCUT2D eigenvalue weighted by molar-refractivity contribution is 5.78. The molecule has 2 atom stereocenters. The lowest BCUT2D eigenvalue weighted by Gasteiger charge is -2.61. The summed E-state index contributed by atoms with van der Waals surface area (Å²) in [4.78, 5) is 29.4. The normalized spacial score (nSPS) is 24.2. The van der Waals surface area contributed by atoms with Gasteiger partial charge < -0.3 is 19.6 Å². The number of hydrogen-bond acceptors (Lipinski definition) is 4.